The van der Waals surface area contributed by atoms with Crippen molar-refractivity contribution in [1.82, 2.24) is 4.90 Å². The summed E-state index contributed by atoms with van der Waals surface area (Å²) in [6, 6.07) is 0. The van der Waals surface area contributed by atoms with Crippen LogP contribution in [0, 0.1) is 24.2 Å². The zero-order chi connectivity index (χ0) is 13.8. The van der Waals surface area contributed by atoms with Crippen LogP contribution in [0.5, 0.6) is 0 Å². The topological polar surface area (TPSA) is 32.7 Å². The molecule has 18 heavy (non-hydrogen) atoms. The maximum Gasteiger partial charge on any atom is 0.122 e. The molecule has 0 aromatic heterocycles. The average molecular weight is 253 g/mol. The summed E-state index contributed by atoms with van der Waals surface area (Å²) < 4.78 is 5.52. The van der Waals surface area contributed by atoms with Crippen molar-refractivity contribution in [3.05, 3.63) is 0 Å². The third kappa shape index (κ3) is 5.39. The Morgan fingerprint density at radius 2 is 1.94 bits per heavy atom. The normalized spacial score (nSPS) is 27.8. The molecule has 1 fully saturated rings. The molecule has 0 spiro atoms. The SMILES string of the molecule is C#CC(C)(C)OC[C@@H](O)CN1C[C@H](C)C[C@@H](C)C1. The minimum Gasteiger partial charge on any atom is -0.389 e. The van der Waals surface area contributed by atoms with E-state index >= 15 is 0 Å². The average Bonchev–Trinajstić information content (AvgIpc) is 2.25. The molecule has 3 heteroatoms. The number of hydrogen-bond acceptors (Lipinski definition) is 3. The molecule has 1 aliphatic rings. The first-order chi connectivity index (χ1) is 8.32. The van der Waals surface area contributed by atoms with E-state index in [4.69, 9.17) is 11.2 Å². The van der Waals surface area contributed by atoms with Crippen LogP contribution in [0.1, 0.15) is 34.1 Å². The molecule has 3 atom stereocenters. The summed E-state index contributed by atoms with van der Waals surface area (Å²) in [5.74, 6) is 3.99. The van der Waals surface area contributed by atoms with Gasteiger partial charge in [-0.25, -0.2) is 0 Å². The van der Waals surface area contributed by atoms with Crippen LogP contribution in [-0.2, 0) is 4.74 Å². The minimum absolute atomic E-state index is 0.302. The lowest BCUT2D eigenvalue weighted by Gasteiger charge is -2.36. The highest BCUT2D eigenvalue weighted by Crippen LogP contribution is 2.21. The lowest BCUT2D eigenvalue weighted by Crippen LogP contribution is -2.44. The highest BCUT2D eigenvalue weighted by Gasteiger charge is 2.24. The summed E-state index contributed by atoms with van der Waals surface area (Å²) in [4.78, 5) is 2.33. The maximum atomic E-state index is 10.00. The van der Waals surface area contributed by atoms with E-state index in [9.17, 15) is 5.11 Å². The van der Waals surface area contributed by atoms with E-state index in [1.165, 1.54) is 6.42 Å². The van der Waals surface area contributed by atoms with Crippen molar-refractivity contribution in [1.29, 1.82) is 0 Å². The molecular formula is C15H27NO2. The van der Waals surface area contributed by atoms with E-state index in [0.717, 1.165) is 13.1 Å². The first-order valence-electron chi connectivity index (χ1n) is 6.84. The second-order valence-corrected chi connectivity index (χ2v) is 6.28. The van der Waals surface area contributed by atoms with Crippen molar-refractivity contribution in [3.8, 4) is 12.3 Å². The Balaban J connectivity index is 2.32. The summed E-state index contributed by atoms with van der Waals surface area (Å²) in [5.41, 5.74) is -0.594. The van der Waals surface area contributed by atoms with Gasteiger partial charge < -0.3 is 14.7 Å². The third-order valence-corrected chi connectivity index (χ3v) is 3.40. The highest BCUT2D eigenvalue weighted by molar-refractivity contribution is 5.02. The van der Waals surface area contributed by atoms with Crippen LogP contribution >= 0.6 is 0 Å². The number of likely N-dealkylation sites (tertiary alicyclic amines) is 1. The number of rotatable bonds is 5. The first kappa shape index (κ1) is 15.5. The van der Waals surface area contributed by atoms with Gasteiger partial charge in [0.1, 0.15) is 5.60 Å². The van der Waals surface area contributed by atoms with Crippen LogP contribution in [-0.4, -0.2) is 48.0 Å². The Kier molecular flexibility index (Phi) is 5.65. The molecule has 0 amide bonds. The van der Waals surface area contributed by atoms with Gasteiger partial charge in [0, 0.05) is 19.6 Å². The third-order valence-electron chi connectivity index (χ3n) is 3.40. The van der Waals surface area contributed by atoms with Gasteiger partial charge in [-0.15, -0.1) is 6.42 Å². The van der Waals surface area contributed by atoms with Crippen molar-refractivity contribution in [2.75, 3.05) is 26.2 Å². The van der Waals surface area contributed by atoms with Crippen molar-refractivity contribution in [3.63, 3.8) is 0 Å². The largest absolute Gasteiger partial charge is 0.389 e. The van der Waals surface area contributed by atoms with E-state index in [2.05, 4.69) is 24.7 Å². The Hall–Kier alpha value is -0.560. The van der Waals surface area contributed by atoms with E-state index in [0.29, 0.717) is 25.0 Å². The van der Waals surface area contributed by atoms with Crippen LogP contribution < -0.4 is 0 Å². The molecule has 0 aliphatic carbocycles. The number of aliphatic hydroxyl groups excluding tert-OH is 1. The number of β-amino-alcohol motifs (C(OH)–C–C–N with tert-alkyl or cyclic N) is 1. The summed E-state index contributed by atoms with van der Waals surface area (Å²) >= 11 is 0. The number of terminal acetylenes is 1. The van der Waals surface area contributed by atoms with Crippen molar-refractivity contribution < 1.29 is 9.84 Å². The number of aliphatic hydroxyl groups is 1. The van der Waals surface area contributed by atoms with E-state index < -0.39 is 11.7 Å². The molecule has 3 nitrogen and oxygen atoms in total. The molecule has 0 saturated carbocycles. The zero-order valence-corrected chi connectivity index (χ0v) is 12.1. The monoisotopic (exact) mass is 253 g/mol. The fraction of sp³-hybridized carbons (Fsp3) is 0.867. The second kappa shape index (κ2) is 6.56. The fourth-order valence-corrected chi connectivity index (χ4v) is 2.64. The van der Waals surface area contributed by atoms with Gasteiger partial charge in [0.25, 0.3) is 0 Å². The molecular weight excluding hydrogens is 226 g/mol. The summed E-state index contributed by atoms with van der Waals surface area (Å²) in [7, 11) is 0. The molecule has 0 radical (unpaired) electrons. The predicted molar refractivity (Wildman–Crippen MR) is 74.3 cm³/mol. The maximum absolute atomic E-state index is 10.00. The molecule has 0 aromatic carbocycles. The van der Waals surface area contributed by atoms with Crippen LogP contribution in [0.2, 0.25) is 0 Å². The Bertz CT molecular complexity index is 285. The number of piperidine rings is 1. The smallest absolute Gasteiger partial charge is 0.122 e. The van der Waals surface area contributed by atoms with Gasteiger partial charge in [0.15, 0.2) is 0 Å². The lowest BCUT2D eigenvalue weighted by molar-refractivity contribution is -0.0421. The lowest BCUT2D eigenvalue weighted by atomic mass is 9.92. The standard InChI is InChI=1S/C15H27NO2/c1-6-15(4,5)18-11-14(17)10-16-8-12(2)7-13(3)9-16/h1,12-14,17H,7-11H2,2-5H3/t12-,13-,14+/m1/s1. The number of nitrogens with zero attached hydrogens (tertiary/aromatic N) is 1. The number of hydrogen-bond donors (Lipinski definition) is 1. The zero-order valence-electron chi connectivity index (χ0n) is 12.1. The van der Waals surface area contributed by atoms with Crippen molar-refractivity contribution in [2.24, 2.45) is 11.8 Å². The molecule has 1 rings (SSSR count). The Morgan fingerprint density at radius 3 is 2.44 bits per heavy atom. The highest BCUT2D eigenvalue weighted by atomic mass is 16.5. The molecule has 0 bridgehead atoms. The summed E-state index contributed by atoms with van der Waals surface area (Å²) in [6.07, 6.45) is 6.17. The second-order valence-electron chi connectivity index (χ2n) is 6.28. The fourth-order valence-electron chi connectivity index (χ4n) is 2.64. The van der Waals surface area contributed by atoms with Gasteiger partial charge >= 0.3 is 0 Å². The van der Waals surface area contributed by atoms with Crippen LogP contribution in [0.4, 0.5) is 0 Å². The van der Waals surface area contributed by atoms with Crippen molar-refractivity contribution >= 4 is 0 Å². The van der Waals surface area contributed by atoms with Gasteiger partial charge in [-0.05, 0) is 32.1 Å². The van der Waals surface area contributed by atoms with Crippen molar-refractivity contribution in [2.45, 2.75) is 45.8 Å². The van der Waals surface area contributed by atoms with Gasteiger partial charge in [0.05, 0.1) is 12.7 Å². The van der Waals surface area contributed by atoms with Gasteiger partial charge in [-0.1, -0.05) is 19.8 Å². The summed E-state index contributed by atoms with van der Waals surface area (Å²) in [5, 5.41) is 10.00. The first-order valence-corrected chi connectivity index (χ1v) is 6.84. The van der Waals surface area contributed by atoms with Gasteiger partial charge in [-0.3, -0.25) is 0 Å². The van der Waals surface area contributed by atoms with E-state index in [1.807, 2.05) is 13.8 Å². The predicted octanol–water partition coefficient (Wildman–Crippen LogP) is 1.75. The minimum atomic E-state index is -0.594. The van der Waals surface area contributed by atoms with Crippen LogP contribution in [0.3, 0.4) is 0 Å². The molecule has 0 aromatic rings. The molecule has 1 aliphatic heterocycles. The molecule has 104 valence electrons. The Morgan fingerprint density at radius 1 is 1.39 bits per heavy atom. The molecule has 1 saturated heterocycles. The van der Waals surface area contributed by atoms with Gasteiger partial charge in [-0.2, -0.15) is 0 Å². The van der Waals surface area contributed by atoms with E-state index in [1.54, 1.807) is 0 Å². The van der Waals surface area contributed by atoms with Gasteiger partial charge in [0.2, 0.25) is 0 Å². The van der Waals surface area contributed by atoms with Crippen LogP contribution in [0.25, 0.3) is 0 Å². The molecule has 0 unspecified atom stereocenters. The summed E-state index contributed by atoms with van der Waals surface area (Å²) in [6.45, 7) is 11.3. The van der Waals surface area contributed by atoms with Crippen LogP contribution in [0.15, 0.2) is 0 Å². The quantitative estimate of drug-likeness (QED) is 0.758. The van der Waals surface area contributed by atoms with E-state index in [-0.39, 0.29) is 0 Å². The molecule has 1 N–H and O–H groups in total. The Labute approximate surface area is 112 Å². The number of ether oxygens (including phenoxy) is 1. The molecule has 1 heterocycles.